The van der Waals surface area contributed by atoms with Crippen molar-refractivity contribution in [2.45, 2.75) is 26.1 Å². The van der Waals surface area contributed by atoms with Gasteiger partial charge in [0.15, 0.2) is 12.4 Å². The van der Waals surface area contributed by atoms with E-state index < -0.39 is 0 Å². The molecule has 1 amide bonds. The fraction of sp³-hybridized carbons (Fsp3) is 0.300. The summed E-state index contributed by atoms with van der Waals surface area (Å²) in [6.45, 7) is 3.12. The van der Waals surface area contributed by atoms with E-state index in [1.54, 1.807) is 13.0 Å². The number of carbonyl (C=O) groups is 1. The Bertz CT molecular complexity index is 1120. The van der Waals surface area contributed by atoms with Crippen LogP contribution in [0.25, 0.3) is 0 Å². The Kier molecular flexibility index (Phi) is 4.46. The van der Waals surface area contributed by atoms with E-state index in [4.69, 9.17) is 9.47 Å². The average Bonchev–Trinajstić information content (AvgIpc) is 3.14. The number of aromatic nitrogens is 4. The summed E-state index contributed by atoms with van der Waals surface area (Å²) in [7, 11) is 0. The number of ether oxygens (including phenoxy) is 2. The van der Waals surface area contributed by atoms with Gasteiger partial charge in [0.2, 0.25) is 0 Å². The Morgan fingerprint density at radius 3 is 2.93 bits per heavy atom. The zero-order valence-electron chi connectivity index (χ0n) is 16.2. The summed E-state index contributed by atoms with van der Waals surface area (Å²) in [6, 6.07) is 10.1. The summed E-state index contributed by atoms with van der Waals surface area (Å²) >= 11 is 0. The smallest absolute Gasteiger partial charge is 0.262 e. The highest BCUT2D eigenvalue weighted by molar-refractivity contribution is 5.95. The lowest BCUT2D eigenvalue weighted by Gasteiger charge is -2.38. The maximum atomic E-state index is 13.7. The second-order valence-corrected chi connectivity index (χ2v) is 7.26. The van der Waals surface area contributed by atoms with Gasteiger partial charge in [0, 0.05) is 12.6 Å². The van der Waals surface area contributed by atoms with Crippen LogP contribution in [0.3, 0.4) is 0 Å². The van der Waals surface area contributed by atoms with Gasteiger partial charge in [0.1, 0.15) is 23.9 Å². The summed E-state index contributed by atoms with van der Waals surface area (Å²) in [5.74, 6) is 1.18. The number of nitrogens with zero attached hydrogens (tertiary/aromatic N) is 5. The molecular weight excluding hydrogens is 391 g/mol. The number of anilines is 2. The van der Waals surface area contributed by atoms with Crippen LogP contribution in [0, 0.1) is 12.7 Å². The lowest BCUT2D eigenvalue weighted by atomic mass is 10.1. The normalized spacial score (nSPS) is 17.5. The number of aryl methyl sites for hydroxylation is 1. The first-order valence-corrected chi connectivity index (χ1v) is 9.54. The number of fused-ring (bicyclic) bond motifs is 2. The number of amides is 1. The predicted molar refractivity (Wildman–Crippen MR) is 105 cm³/mol. The third-order valence-electron chi connectivity index (χ3n) is 5.06. The molecule has 154 valence electrons. The Morgan fingerprint density at radius 2 is 2.10 bits per heavy atom. The highest BCUT2D eigenvalue weighted by Crippen LogP contribution is 2.37. The van der Waals surface area contributed by atoms with E-state index in [2.05, 4.69) is 25.6 Å². The Morgan fingerprint density at radius 1 is 1.20 bits per heavy atom. The first kappa shape index (κ1) is 18.3. The van der Waals surface area contributed by atoms with Crippen LogP contribution < -0.4 is 19.7 Å². The number of tetrazole rings is 1. The molecule has 9 nitrogen and oxygen atoms in total. The van der Waals surface area contributed by atoms with Crippen molar-refractivity contribution >= 4 is 17.3 Å². The number of benzene rings is 2. The SMILES string of the molecule is Cc1nnn(C[C@H]2COc3cc(F)ccc3N2Cc2ccc3c(c2)NC(=O)CO3)n1. The van der Waals surface area contributed by atoms with Gasteiger partial charge >= 0.3 is 0 Å². The van der Waals surface area contributed by atoms with Crippen molar-refractivity contribution < 1.29 is 18.7 Å². The molecule has 2 aromatic carbocycles. The molecule has 0 radical (unpaired) electrons. The number of rotatable bonds is 4. The summed E-state index contributed by atoms with van der Waals surface area (Å²) in [5.41, 5.74) is 2.38. The monoisotopic (exact) mass is 410 g/mol. The highest BCUT2D eigenvalue weighted by Gasteiger charge is 2.29. The molecule has 0 saturated heterocycles. The molecular formula is C20H19FN6O3. The molecule has 0 spiro atoms. The Labute approximate surface area is 171 Å². The summed E-state index contributed by atoms with van der Waals surface area (Å²) in [4.78, 5) is 15.3. The van der Waals surface area contributed by atoms with Gasteiger partial charge in [-0.05, 0) is 42.0 Å². The first-order chi connectivity index (χ1) is 14.5. The fourth-order valence-corrected chi connectivity index (χ4v) is 3.69. The van der Waals surface area contributed by atoms with E-state index in [0.29, 0.717) is 42.7 Å². The minimum absolute atomic E-state index is 0.0150. The van der Waals surface area contributed by atoms with E-state index in [1.165, 1.54) is 16.9 Å². The van der Waals surface area contributed by atoms with Crippen molar-refractivity contribution in [2.75, 3.05) is 23.4 Å². The van der Waals surface area contributed by atoms with Gasteiger partial charge < -0.3 is 19.7 Å². The number of nitrogens with one attached hydrogen (secondary N) is 1. The molecule has 3 aromatic rings. The molecule has 30 heavy (non-hydrogen) atoms. The zero-order valence-corrected chi connectivity index (χ0v) is 16.2. The van der Waals surface area contributed by atoms with Crippen molar-refractivity contribution in [3.63, 3.8) is 0 Å². The largest absolute Gasteiger partial charge is 0.489 e. The predicted octanol–water partition coefficient (Wildman–Crippen LogP) is 1.92. The Hall–Kier alpha value is -3.69. The second-order valence-electron chi connectivity index (χ2n) is 7.26. The molecule has 0 saturated carbocycles. The summed E-state index contributed by atoms with van der Waals surface area (Å²) in [5, 5.41) is 15.1. The highest BCUT2D eigenvalue weighted by atomic mass is 19.1. The van der Waals surface area contributed by atoms with Gasteiger partial charge in [0.05, 0.1) is 24.0 Å². The fourth-order valence-electron chi connectivity index (χ4n) is 3.69. The molecule has 2 aliphatic rings. The topological polar surface area (TPSA) is 94.4 Å². The molecule has 10 heteroatoms. The molecule has 0 fully saturated rings. The standard InChI is InChI=1S/C20H19FN6O3/c1-12-23-25-27(24-12)9-15-10-29-19-7-14(21)3-4-17(19)26(15)8-13-2-5-18-16(6-13)22-20(28)11-30-18/h2-7,15H,8-11H2,1H3,(H,22,28)/t15-/m0/s1. The van der Waals surface area contributed by atoms with Crippen LogP contribution in [-0.4, -0.2) is 45.4 Å². The van der Waals surface area contributed by atoms with Crippen molar-refractivity contribution in [1.82, 2.24) is 20.2 Å². The lowest BCUT2D eigenvalue weighted by Crippen LogP contribution is -2.45. The van der Waals surface area contributed by atoms with Crippen LogP contribution in [0.2, 0.25) is 0 Å². The van der Waals surface area contributed by atoms with Crippen LogP contribution >= 0.6 is 0 Å². The number of halogens is 1. The maximum Gasteiger partial charge on any atom is 0.262 e. The van der Waals surface area contributed by atoms with Crippen LogP contribution in [0.4, 0.5) is 15.8 Å². The lowest BCUT2D eigenvalue weighted by molar-refractivity contribution is -0.118. The van der Waals surface area contributed by atoms with E-state index >= 15 is 0 Å². The van der Waals surface area contributed by atoms with Crippen molar-refractivity contribution in [2.24, 2.45) is 0 Å². The van der Waals surface area contributed by atoms with Crippen LogP contribution in [-0.2, 0) is 17.9 Å². The summed E-state index contributed by atoms with van der Waals surface area (Å²) < 4.78 is 25.0. The van der Waals surface area contributed by atoms with Crippen LogP contribution in [0.1, 0.15) is 11.4 Å². The minimum atomic E-state index is -0.352. The van der Waals surface area contributed by atoms with Crippen molar-refractivity contribution in [3.05, 3.63) is 53.6 Å². The first-order valence-electron chi connectivity index (χ1n) is 9.54. The van der Waals surface area contributed by atoms with Gasteiger partial charge in [-0.25, -0.2) is 4.39 Å². The van der Waals surface area contributed by atoms with Gasteiger partial charge in [-0.1, -0.05) is 6.07 Å². The molecule has 0 aliphatic carbocycles. The quantitative estimate of drug-likeness (QED) is 0.702. The zero-order chi connectivity index (χ0) is 20.7. The molecule has 0 bridgehead atoms. The average molecular weight is 410 g/mol. The second kappa shape index (κ2) is 7.29. The molecule has 1 atom stereocenters. The van der Waals surface area contributed by atoms with Crippen LogP contribution in [0.15, 0.2) is 36.4 Å². The maximum absolute atomic E-state index is 13.7. The number of hydrogen-bond donors (Lipinski definition) is 1. The van der Waals surface area contributed by atoms with Gasteiger partial charge in [0.25, 0.3) is 5.91 Å². The minimum Gasteiger partial charge on any atom is -0.489 e. The van der Waals surface area contributed by atoms with Gasteiger partial charge in [-0.2, -0.15) is 4.80 Å². The van der Waals surface area contributed by atoms with Crippen molar-refractivity contribution in [3.8, 4) is 11.5 Å². The molecule has 5 rings (SSSR count). The Balaban J connectivity index is 1.47. The third kappa shape index (κ3) is 3.51. The number of hydrogen-bond acceptors (Lipinski definition) is 7. The van der Waals surface area contributed by atoms with E-state index in [-0.39, 0.29) is 24.4 Å². The van der Waals surface area contributed by atoms with Crippen LogP contribution in [0.5, 0.6) is 11.5 Å². The van der Waals surface area contributed by atoms with E-state index in [9.17, 15) is 9.18 Å². The number of carbonyl (C=O) groups excluding carboxylic acids is 1. The van der Waals surface area contributed by atoms with Gasteiger partial charge in [-0.3, -0.25) is 4.79 Å². The third-order valence-corrected chi connectivity index (χ3v) is 5.06. The molecule has 1 aromatic heterocycles. The van der Waals surface area contributed by atoms with E-state index in [0.717, 1.165) is 11.3 Å². The van der Waals surface area contributed by atoms with Gasteiger partial charge in [-0.15, -0.1) is 10.2 Å². The molecule has 3 heterocycles. The molecule has 2 aliphatic heterocycles. The van der Waals surface area contributed by atoms with E-state index in [1.807, 2.05) is 18.2 Å². The molecule has 0 unspecified atom stereocenters. The molecule has 1 N–H and O–H groups in total. The van der Waals surface area contributed by atoms with Crippen molar-refractivity contribution in [1.29, 1.82) is 0 Å². The summed E-state index contributed by atoms with van der Waals surface area (Å²) in [6.07, 6.45) is 0.